The van der Waals surface area contributed by atoms with Gasteiger partial charge in [0.1, 0.15) is 23.2 Å². The average Bonchev–Trinajstić information content (AvgIpc) is 3.10. The van der Waals surface area contributed by atoms with E-state index in [1.807, 2.05) is 0 Å². The molecule has 2 aromatic heterocycles. The normalized spacial score (nSPS) is 15.1. The number of carbonyl (C=O) groups is 1. The van der Waals surface area contributed by atoms with Gasteiger partial charge in [0.15, 0.2) is 0 Å². The number of nitriles is 1. The predicted molar refractivity (Wildman–Crippen MR) is 86.5 cm³/mol. The lowest BCUT2D eigenvalue weighted by atomic mass is 10.2. The zero-order valence-electron chi connectivity index (χ0n) is 13.4. The number of hydrogen-bond acceptors (Lipinski definition) is 7. The predicted octanol–water partition coefficient (Wildman–Crippen LogP) is 1.66. The van der Waals surface area contributed by atoms with Crippen molar-refractivity contribution in [2.24, 2.45) is 0 Å². The first-order valence-corrected chi connectivity index (χ1v) is 7.70. The Morgan fingerprint density at radius 2 is 2.17 bits per heavy atom. The molecule has 124 valence electrons. The summed E-state index contributed by atoms with van der Waals surface area (Å²) < 4.78 is 10.2. The Balaban J connectivity index is 1.63. The van der Waals surface area contributed by atoms with E-state index in [0.717, 1.165) is 32.0 Å². The summed E-state index contributed by atoms with van der Waals surface area (Å²) in [5.74, 6) is 0.961. The highest BCUT2D eigenvalue weighted by atomic mass is 16.5. The lowest BCUT2D eigenvalue weighted by Gasteiger charge is -2.35. The Bertz CT molecular complexity index is 757. The van der Waals surface area contributed by atoms with Crippen LogP contribution in [0.25, 0.3) is 0 Å². The van der Waals surface area contributed by atoms with E-state index < -0.39 is 0 Å². The van der Waals surface area contributed by atoms with Crippen LogP contribution in [0.15, 0.2) is 35.1 Å². The van der Waals surface area contributed by atoms with Crippen molar-refractivity contribution < 1.29 is 13.9 Å². The van der Waals surface area contributed by atoms with E-state index in [4.69, 9.17) is 9.15 Å². The van der Waals surface area contributed by atoms with Gasteiger partial charge in [-0.25, -0.2) is 9.78 Å². The Labute approximate surface area is 140 Å². The summed E-state index contributed by atoms with van der Waals surface area (Å²) >= 11 is 0. The van der Waals surface area contributed by atoms with Gasteiger partial charge < -0.3 is 14.1 Å². The Morgan fingerprint density at radius 3 is 2.88 bits per heavy atom. The molecule has 1 aliphatic heterocycles. The molecule has 0 spiro atoms. The monoisotopic (exact) mass is 326 g/mol. The van der Waals surface area contributed by atoms with Gasteiger partial charge in [-0.3, -0.25) is 4.90 Å². The van der Waals surface area contributed by atoms with Crippen LogP contribution >= 0.6 is 0 Å². The van der Waals surface area contributed by atoms with Gasteiger partial charge in [-0.1, -0.05) is 0 Å². The fraction of sp³-hybridized carbons (Fsp3) is 0.353. The first-order valence-electron chi connectivity index (χ1n) is 7.70. The molecule has 0 saturated carbocycles. The van der Waals surface area contributed by atoms with E-state index in [1.165, 1.54) is 13.4 Å². The van der Waals surface area contributed by atoms with E-state index in [9.17, 15) is 10.1 Å². The molecule has 0 unspecified atom stereocenters. The molecule has 3 heterocycles. The van der Waals surface area contributed by atoms with Gasteiger partial charge in [-0.15, -0.1) is 0 Å². The maximum absolute atomic E-state index is 11.7. The highest BCUT2D eigenvalue weighted by molar-refractivity contribution is 5.90. The highest BCUT2D eigenvalue weighted by Crippen LogP contribution is 2.20. The van der Waals surface area contributed by atoms with Gasteiger partial charge in [-0.2, -0.15) is 5.26 Å². The van der Waals surface area contributed by atoms with Gasteiger partial charge in [0, 0.05) is 32.4 Å². The van der Waals surface area contributed by atoms with Crippen LogP contribution in [-0.4, -0.2) is 49.1 Å². The van der Waals surface area contributed by atoms with Gasteiger partial charge in [0.2, 0.25) is 0 Å². The van der Waals surface area contributed by atoms with Crippen LogP contribution in [-0.2, 0) is 11.3 Å². The summed E-state index contributed by atoms with van der Waals surface area (Å²) in [7, 11) is 1.36. The summed E-state index contributed by atoms with van der Waals surface area (Å²) in [6.07, 6.45) is 3.21. The molecule has 0 bridgehead atoms. The number of anilines is 1. The molecule has 7 heteroatoms. The quantitative estimate of drug-likeness (QED) is 0.790. The smallest absolute Gasteiger partial charge is 0.341 e. The van der Waals surface area contributed by atoms with Crippen molar-refractivity contribution in [1.82, 2.24) is 9.88 Å². The second kappa shape index (κ2) is 7.15. The summed E-state index contributed by atoms with van der Waals surface area (Å²) in [5, 5.41) is 9.19. The first-order chi connectivity index (χ1) is 11.7. The number of ether oxygens (including phenoxy) is 1. The molecule has 1 aliphatic rings. The highest BCUT2D eigenvalue weighted by Gasteiger charge is 2.23. The molecule has 0 aromatic carbocycles. The third-order valence-corrected chi connectivity index (χ3v) is 4.10. The van der Waals surface area contributed by atoms with E-state index in [1.54, 1.807) is 24.4 Å². The van der Waals surface area contributed by atoms with E-state index in [-0.39, 0.29) is 5.97 Å². The number of esters is 1. The minimum absolute atomic E-state index is 0.385. The second-order valence-electron chi connectivity index (χ2n) is 5.50. The average molecular weight is 326 g/mol. The van der Waals surface area contributed by atoms with Crippen LogP contribution in [0.5, 0.6) is 0 Å². The zero-order valence-corrected chi connectivity index (χ0v) is 13.4. The Hall–Kier alpha value is -2.85. The van der Waals surface area contributed by atoms with Crippen LogP contribution in [0.4, 0.5) is 5.82 Å². The third-order valence-electron chi connectivity index (χ3n) is 4.10. The molecule has 7 nitrogen and oxygen atoms in total. The summed E-state index contributed by atoms with van der Waals surface area (Å²) in [6.45, 7) is 3.67. The van der Waals surface area contributed by atoms with Gasteiger partial charge in [-0.05, 0) is 18.2 Å². The fourth-order valence-electron chi connectivity index (χ4n) is 2.81. The maximum Gasteiger partial charge on any atom is 0.341 e. The number of carbonyl (C=O) groups excluding carboxylic acids is 1. The van der Waals surface area contributed by atoms with Gasteiger partial charge >= 0.3 is 5.97 Å². The molecule has 24 heavy (non-hydrogen) atoms. The van der Waals surface area contributed by atoms with Crippen LogP contribution < -0.4 is 4.90 Å². The number of hydrogen-bond donors (Lipinski definition) is 0. The standard InChI is InChI=1S/C17H18N4O3/c1-23-17(22)14-4-10-24-15(14)12-20-6-8-21(9-7-20)16-13(11-18)3-2-5-19-16/h2-5,10H,6-9,12H2,1H3. The summed E-state index contributed by atoms with van der Waals surface area (Å²) in [4.78, 5) is 20.3. The number of pyridine rings is 1. The van der Waals surface area contributed by atoms with E-state index in [0.29, 0.717) is 23.4 Å². The lowest BCUT2D eigenvalue weighted by Crippen LogP contribution is -2.46. The van der Waals surface area contributed by atoms with Crippen molar-refractivity contribution in [2.45, 2.75) is 6.54 Å². The van der Waals surface area contributed by atoms with Crippen molar-refractivity contribution in [1.29, 1.82) is 5.26 Å². The van der Waals surface area contributed by atoms with Crippen molar-refractivity contribution in [3.05, 3.63) is 47.5 Å². The minimum atomic E-state index is -0.385. The third kappa shape index (κ3) is 3.24. The molecule has 3 rings (SSSR count). The Morgan fingerprint density at radius 1 is 1.38 bits per heavy atom. The van der Waals surface area contributed by atoms with E-state index in [2.05, 4.69) is 20.9 Å². The van der Waals surface area contributed by atoms with Gasteiger partial charge in [0.25, 0.3) is 0 Å². The lowest BCUT2D eigenvalue weighted by molar-refractivity contribution is 0.0596. The molecule has 0 atom stereocenters. The van der Waals surface area contributed by atoms with E-state index >= 15 is 0 Å². The number of furan rings is 1. The summed E-state index contributed by atoms with van der Waals surface area (Å²) in [5.41, 5.74) is 1.06. The topological polar surface area (TPSA) is 82.6 Å². The van der Waals surface area contributed by atoms with Crippen LogP contribution in [0.3, 0.4) is 0 Å². The van der Waals surface area contributed by atoms with Crippen molar-refractivity contribution in [3.8, 4) is 6.07 Å². The maximum atomic E-state index is 11.7. The van der Waals surface area contributed by atoms with Crippen molar-refractivity contribution in [2.75, 3.05) is 38.2 Å². The number of piperazine rings is 1. The van der Waals surface area contributed by atoms with Crippen LogP contribution in [0.2, 0.25) is 0 Å². The molecular formula is C17H18N4O3. The van der Waals surface area contributed by atoms with Crippen LogP contribution in [0, 0.1) is 11.3 Å². The molecule has 0 radical (unpaired) electrons. The molecule has 1 fully saturated rings. The molecule has 0 amide bonds. The fourth-order valence-corrected chi connectivity index (χ4v) is 2.81. The molecular weight excluding hydrogens is 308 g/mol. The van der Waals surface area contributed by atoms with Crippen LogP contribution in [0.1, 0.15) is 21.7 Å². The van der Waals surface area contributed by atoms with Crippen molar-refractivity contribution in [3.63, 3.8) is 0 Å². The molecule has 2 aromatic rings. The Kier molecular flexibility index (Phi) is 4.77. The SMILES string of the molecule is COC(=O)c1ccoc1CN1CCN(c2ncccc2C#N)CC1. The zero-order chi connectivity index (χ0) is 16.9. The second-order valence-corrected chi connectivity index (χ2v) is 5.50. The largest absolute Gasteiger partial charge is 0.467 e. The molecule has 1 saturated heterocycles. The first kappa shape index (κ1) is 16.0. The van der Waals surface area contributed by atoms with Crippen molar-refractivity contribution >= 4 is 11.8 Å². The number of rotatable bonds is 4. The number of aromatic nitrogens is 1. The molecule has 0 N–H and O–H groups in total. The number of nitrogens with zero attached hydrogens (tertiary/aromatic N) is 4. The van der Waals surface area contributed by atoms with Gasteiger partial charge in [0.05, 0.1) is 25.5 Å². The minimum Gasteiger partial charge on any atom is -0.467 e. The summed E-state index contributed by atoms with van der Waals surface area (Å²) in [6, 6.07) is 7.36. The number of methoxy groups -OCH3 is 1. The molecule has 0 aliphatic carbocycles.